The molecule has 0 amide bonds. The Kier molecular flexibility index (Phi) is 4.55. The topological polar surface area (TPSA) is 58.9 Å². The van der Waals surface area contributed by atoms with E-state index in [1.165, 1.54) is 24.6 Å². The summed E-state index contributed by atoms with van der Waals surface area (Å²) >= 11 is 2.03. The molecule has 0 spiro atoms. The molecular weight excluding hydrogens is 224 g/mol. The Morgan fingerprint density at radius 1 is 1.31 bits per heavy atom. The average molecular weight is 242 g/mol. The van der Waals surface area contributed by atoms with E-state index in [-0.39, 0.29) is 0 Å². The van der Waals surface area contributed by atoms with Crippen molar-refractivity contribution in [1.29, 1.82) is 0 Å². The number of nitrogens with one attached hydrogen (secondary N) is 1. The predicted octanol–water partition coefficient (Wildman–Crippen LogP) is -0.559. The lowest BCUT2D eigenvalue weighted by atomic mass is 10.4. The van der Waals surface area contributed by atoms with Gasteiger partial charge < -0.3 is 5.32 Å². The number of hydrogen-bond acceptors (Lipinski definition) is 6. The van der Waals surface area contributed by atoms with Gasteiger partial charge in [-0.15, -0.1) is 5.10 Å². The van der Waals surface area contributed by atoms with Crippen LogP contribution in [0.15, 0.2) is 0 Å². The SMILES string of the molecule is CNCc1nnnn1CCN1CCSCC1. The van der Waals surface area contributed by atoms with E-state index in [1.54, 1.807) is 0 Å². The first-order chi connectivity index (χ1) is 7.90. The van der Waals surface area contributed by atoms with Crippen molar-refractivity contribution in [3.8, 4) is 0 Å². The van der Waals surface area contributed by atoms with E-state index in [1.807, 2.05) is 23.5 Å². The lowest BCUT2D eigenvalue weighted by molar-refractivity contribution is 0.281. The zero-order valence-corrected chi connectivity index (χ0v) is 10.4. The predicted molar refractivity (Wildman–Crippen MR) is 64.3 cm³/mol. The average Bonchev–Trinajstić information content (AvgIpc) is 2.76. The zero-order chi connectivity index (χ0) is 11.2. The highest BCUT2D eigenvalue weighted by Crippen LogP contribution is 2.08. The quantitative estimate of drug-likeness (QED) is 0.747. The summed E-state index contributed by atoms with van der Waals surface area (Å²) in [6, 6.07) is 0. The fourth-order valence-electron chi connectivity index (χ4n) is 1.74. The standard InChI is InChI=1S/C9H18N6S/c1-10-8-9-11-12-13-15(9)3-2-14-4-6-16-7-5-14/h10H,2-8H2,1H3. The molecule has 6 nitrogen and oxygen atoms in total. The van der Waals surface area contributed by atoms with Crippen LogP contribution in [0.25, 0.3) is 0 Å². The first-order valence-electron chi connectivity index (χ1n) is 5.60. The summed E-state index contributed by atoms with van der Waals surface area (Å²) in [4.78, 5) is 2.47. The molecule has 90 valence electrons. The summed E-state index contributed by atoms with van der Waals surface area (Å²) in [5.74, 6) is 3.41. The minimum atomic E-state index is 0.725. The molecule has 1 aliphatic rings. The van der Waals surface area contributed by atoms with Gasteiger partial charge in [0.2, 0.25) is 0 Å². The highest BCUT2D eigenvalue weighted by Gasteiger charge is 2.11. The maximum atomic E-state index is 4.00. The fraction of sp³-hybridized carbons (Fsp3) is 0.889. The highest BCUT2D eigenvalue weighted by atomic mass is 32.2. The van der Waals surface area contributed by atoms with E-state index in [2.05, 4.69) is 25.7 Å². The minimum Gasteiger partial charge on any atom is -0.313 e. The third kappa shape index (κ3) is 3.16. The molecule has 16 heavy (non-hydrogen) atoms. The third-order valence-electron chi connectivity index (χ3n) is 2.67. The summed E-state index contributed by atoms with van der Waals surface area (Å²) in [7, 11) is 1.90. The molecule has 1 aromatic rings. The van der Waals surface area contributed by atoms with Gasteiger partial charge in [0.05, 0.1) is 13.1 Å². The molecule has 0 radical (unpaired) electrons. The van der Waals surface area contributed by atoms with Crippen LogP contribution >= 0.6 is 11.8 Å². The summed E-state index contributed by atoms with van der Waals surface area (Å²) in [6.45, 7) is 5.03. The minimum absolute atomic E-state index is 0.725. The van der Waals surface area contributed by atoms with Crippen molar-refractivity contribution in [2.45, 2.75) is 13.1 Å². The van der Waals surface area contributed by atoms with E-state index in [0.717, 1.165) is 25.5 Å². The Morgan fingerprint density at radius 2 is 2.12 bits per heavy atom. The Morgan fingerprint density at radius 3 is 2.88 bits per heavy atom. The van der Waals surface area contributed by atoms with Crippen molar-refractivity contribution >= 4 is 11.8 Å². The van der Waals surface area contributed by atoms with Crippen LogP contribution in [-0.2, 0) is 13.1 Å². The number of nitrogens with zero attached hydrogens (tertiary/aromatic N) is 5. The van der Waals surface area contributed by atoms with Gasteiger partial charge in [0.15, 0.2) is 5.82 Å². The van der Waals surface area contributed by atoms with Crippen molar-refractivity contribution in [3.63, 3.8) is 0 Å². The molecular formula is C9H18N6S. The molecule has 0 saturated carbocycles. The van der Waals surface area contributed by atoms with E-state index in [4.69, 9.17) is 0 Å². The Balaban J connectivity index is 1.81. The third-order valence-corrected chi connectivity index (χ3v) is 3.62. The molecule has 1 aliphatic heterocycles. The van der Waals surface area contributed by atoms with Crippen LogP contribution in [0.5, 0.6) is 0 Å². The van der Waals surface area contributed by atoms with Crippen LogP contribution in [0.3, 0.4) is 0 Å². The molecule has 0 unspecified atom stereocenters. The summed E-state index contributed by atoms with van der Waals surface area (Å²) in [6.07, 6.45) is 0. The molecule has 1 fully saturated rings. The second-order valence-electron chi connectivity index (χ2n) is 3.80. The molecule has 0 bridgehead atoms. The normalized spacial score (nSPS) is 17.8. The van der Waals surface area contributed by atoms with Crippen molar-refractivity contribution < 1.29 is 0 Å². The van der Waals surface area contributed by atoms with E-state index in [9.17, 15) is 0 Å². The molecule has 0 atom stereocenters. The van der Waals surface area contributed by atoms with E-state index >= 15 is 0 Å². The molecule has 0 aromatic carbocycles. The van der Waals surface area contributed by atoms with Crippen molar-refractivity contribution in [3.05, 3.63) is 5.82 Å². The molecule has 1 aromatic heterocycles. The summed E-state index contributed by atoms with van der Waals surface area (Å²) < 4.78 is 1.89. The number of thioether (sulfide) groups is 1. The highest BCUT2D eigenvalue weighted by molar-refractivity contribution is 7.99. The van der Waals surface area contributed by atoms with Gasteiger partial charge in [-0.2, -0.15) is 11.8 Å². The molecule has 2 heterocycles. The van der Waals surface area contributed by atoms with Crippen LogP contribution in [0, 0.1) is 0 Å². The molecule has 7 heteroatoms. The van der Waals surface area contributed by atoms with E-state index < -0.39 is 0 Å². The van der Waals surface area contributed by atoms with Crippen LogP contribution in [-0.4, -0.2) is 63.3 Å². The Bertz CT molecular complexity index is 309. The summed E-state index contributed by atoms with van der Waals surface area (Å²) in [5, 5.41) is 14.8. The number of tetrazole rings is 1. The van der Waals surface area contributed by atoms with Gasteiger partial charge >= 0.3 is 0 Å². The second-order valence-corrected chi connectivity index (χ2v) is 5.03. The van der Waals surface area contributed by atoms with Gasteiger partial charge in [-0.3, -0.25) is 4.90 Å². The first-order valence-corrected chi connectivity index (χ1v) is 6.75. The van der Waals surface area contributed by atoms with Gasteiger partial charge in [0.25, 0.3) is 0 Å². The van der Waals surface area contributed by atoms with Crippen LogP contribution < -0.4 is 5.32 Å². The van der Waals surface area contributed by atoms with Crippen molar-refractivity contribution in [1.82, 2.24) is 30.4 Å². The van der Waals surface area contributed by atoms with Crippen LogP contribution in [0.1, 0.15) is 5.82 Å². The lowest BCUT2D eigenvalue weighted by Gasteiger charge is -2.25. The molecule has 2 rings (SSSR count). The van der Waals surface area contributed by atoms with Crippen LogP contribution in [0.2, 0.25) is 0 Å². The fourth-order valence-corrected chi connectivity index (χ4v) is 2.72. The number of hydrogen-bond donors (Lipinski definition) is 1. The van der Waals surface area contributed by atoms with Gasteiger partial charge in [0.1, 0.15) is 0 Å². The zero-order valence-electron chi connectivity index (χ0n) is 9.59. The van der Waals surface area contributed by atoms with Crippen molar-refractivity contribution in [2.75, 3.05) is 38.2 Å². The number of aromatic nitrogens is 4. The number of rotatable bonds is 5. The maximum Gasteiger partial charge on any atom is 0.165 e. The Hall–Kier alpha value is -0.660. The van der Waals surface area contributed by atoms with Gasteiger partial charge in [-0.1, -0.05) is 0 Å². The monoisotopic (exact) mass is 242 g/mol. The van der Waals surface area contributed by atoms with Crippen molar-refractivity contribution in [2.24, 2.45) is 0 Å². The molecule has 1 N–H and O–H groups in total. The summed E-state index contributed by atoms with van der Waals surface area (Å²) in [5.41, 5.74) is 0. The largest absolute Gasteiger partial charge is 0.313 e. The van der Waals surface area contributed by atoms with Crippen LogP contribution in [0.4, 0.5) is 0 Å². The smallest absolute Gasteiger partial charge is 0.165 e. The molecule has 1 saturated heterocycles. The van der Waals surface area contributed by atoms with Gasteiger partial charge in [0, 0.05) is 31.1 Å². The molecule has 0 aliphatic carbocycles. The first kappa shape index (κ1) is 11.8. The Labute approximate surface area is 99.8 Å². The van der Waals surface area contributed by atoms with Gasteiger partial charge in [-0.05, 0) is 17.5 Å². The lowest BCUT2D eigenvalue weighted by Crippen LogP contribution is -2.35. The maximum absolute atomic E-state index is 4.00. The van der Waals surface area contributed by atoms with Gasteiger partial charge in [-0.25, -0.2) is 4.68 Å². The second kappa shape index (κ2) is 6.17. The van der Waals surface area contributed by atoms with E-state index in [0.29, 0.717) is 0 Å².